The van der Waals surface area contributed by atoms with Gasteiger partial charge in [-0.3, -0.25) is 9.10 Å². The number of anilines is 1. The van der Waals surface area contributed by atoms with Crippen molar-refractivity contribution < 1.29 is 17.9 Å². The summed E-state index contributed by atoms with van der Waals surface area (Å²) in [6, 6.07) is 22.5. The number of nitrogens with one attached hydrogen (secondary N) is 1. The van der Waals surface area contributed by atoms with Gasteiger partial charge >= 0.3 is 0 Å². The summed E-state index contributed by atoms with van der Waals surface area (Å²) in [7, 11) is -3.93. The molecule has 0 saturated carbocycles. The van der Waals surface area contributed by atoms with E-state index in [1.54, 1.807) is 42.5 Å². The number of hydrogen-bond donors (Lipinski definition) is 1. The van der Waals surface area contributed by atoms with E-state index in [1.807, 2.05) is 38.1 Å². The van der Waals surface area contributed by atoms with E-state index in [0.717, 1.165) is 15.4 Å². The number of nitrogens with zero attached hydrogens (tertiary/aromatic N) is 1. The average molecular weight is 439 g/mol. The van der Waals surface area contributed by atoms with Crippen molar-refractivity contribution in [3.63, 3.8) is 0 Å². The second-order valence-electron chi connectivity index (χ2n) is 6.95. The highest BCUT2D eigenvalue weighted by Gasteiger charge is 2.27. The molecule has 6 nitrogen and oxygen atoms in total. The Morgan fingerprint density at radius 2 is 1.58 bits per heavy atom. The third-order valence-corrected chi connectivity index (χ3v) is 6.58. The third kappa shape index (κ3) is 5.64. The summed E-state index contributed by atoms with van der Waals surface area (Å²) in [6.45, 7) is 4.34. The highest BCUT2D eigenvalue weighted by Crippen LogP contribution is 2.25. The average Bonchev–Trinajstić information content (AvgIpc) is 2.78. The summed E-state index contributed by atoms with van der Waals surface area (Å²) in [6.07, 6.45) is 0. The van der Waals surface area contributed by atoms with Crippen molar-refractivity contribution in [2.24, 2.45) is 0 Å². The van der Waals surface area contributed by atoms with Gasteiger partial charge in [0.15, 0.2) is 0 Å². The third-order valence-electron chi connectivity index (χ3n) is 4.79. The van der Waals surface area contributed by atoms with Crippen LogP contribution in [0.3, 0.4) is 0 Å². The molecule has 31 heavy (non-hydrogen) atoms. The van der Waals surface area contributed by atoms with Crippen molar-refractivity contribution in [1.82, 2.24) is 5.32 Å². The predicted octanol–water partition coefficient (Wildman–Crippen LogP) is 3.91. The molecule has 162 valence electrons. The summed E-state index contributed by atoms with van der Waals surface area (Å²) in [4.78, 5) is 12.8. The zero-order chi connectivity index (χ0) is 22.3. The Morgan fingerprint density at radius 3 is 2.23 bits per heavy atom. The Hall–Kier alpha value is -3.32. The molecule has 0 fully saturated rings. The van der Waals surface area contributed by atoms with Gasteiger partial charge in [-0.05, 0) is 61.4 Å². The molecule has 0 radical (unpaired) electrons. The molecular formula is C24H26N2O4S. The molecular weight excluding hydrogens is 412 g/mol. The topological polar surface area (TPSA) is 75.7 Å². The van der Waals surface area contributed by atoms with Crippen molar-refractivity contribution in [3.8, 4) is 5.75 Å². The molecule has 0 bridgehead atoms. The van der Waals surface area contributed by atoms with Crippen LogP contribution in [0.15, 0.2) is 83.8 Å². The van der Waals surface area contributed by atoms with Crippen LogP contribution in [-0.2, 0) is 21.4 Å². The first-order valence-electron chi connectivity index (χ1n) is 10.0. The number of hydrogen-bond acceptors (Lipinski definition) is 4. The van der Waals surface area contributed by atoms with Crippen LogP contribution < -0.4 is 14.4 Å². The molecule has 0 aromatic heterocycles. The highest BCUT2D eigenvalue weighted by molar-refractivity contribution is 7.92. The fraction of sp³-hybridized carbons (Fsp3) is 0.208. The van der Waals surface area contributed by atoms with Gasteiger partial charge in [0.25, 0.3) is 10.0 Å². The molecule has 0 saturated heterocycles. The quantitative estimate of drug-likeness (QED) is 0.550. The monoisotopic (exact) mass is 438 g/mol. The normalized spacial score (nSPS) is 11.0. The van der Waals surface area contributed by atoms with Crippen LogP contribution >= 0.6 is 0 Å². The molecule has 1 amide bonds. The van der Waals surface area contributed by atoms with E-state index in [0.29, 0.717) is 24.6 Å². The lowest BCUT2D eigenvalue weighted by Gasteiger charge is -2.24. The fourth-order valence-electron chi connectivity index (χ4n) is 3.10. The lowest BCUT2D eigenvalue weighted by Crippen LogP contribution is -2.40. The summed E-state index contributed by atoms with van der Waals surface area (Å²) in [5.74, 6) is 0.240. The molecule has 7 heteroatoms. The van der Waals surface area contributed by atoms with Gasteiger partial charge in [-0.1, -0.05) is 42.5 Å². The van der Waals surface area contributed by atoms with Crippen LogP contribution in [0.5, 0.6) is 5.75 Å². The molecule has 1 N–H and O–H groups in total. The number of amides is 1. The number of aryl methyl sites for hydroxylation is 1. The molecule has 3 rings (SSSR count). The first kappa shape index (κ1) is 22.4. The fourth-order valence-corrected chi connectivity index (χ4v) is 4.54. The minimum atomic E-state index is -3.93. The standard InChI is InChI=1S/C24H26N2O4S/c1-3-30-22-15-13-21(14-16-22)26(31(28,29)23-11-5-4-6-12-23)18-24(27)25-17-20-10-8-7-9-19(20)2/h4-16H,3,17-18H2,1-2H3,(H,25,27). The van der Waals surface area contributed by atoms with E-state index in [9.17, 15) is 13.2 Å². The zero-order valence-electron chi connectivity index (χ0n) is 17.6. The molecule has 0 aliphatic rings. The second-order valence-corrected chi connectivity index (χ2v) is 8.82. The zero-order valence-corrected chi connectivity index (χ0v) is 18.4. The SMILES string of the molecule is CCOc1ccc(N(CC(=O)NCc2ccccc2C)S(=O)(=O)c2ccccc2)cc1. The molecule has 0 atom stereocenters. The van der Waals surface area contributed by atoms with Crippen LogP contribution in [0.1, 0.15) is 18.1 Å². The first-order chi connectivity index (χ1) is 14.9. The maximum absolute atomic E-state index is 13.3. The van der Waals surface area contributed by atoms with Gasteiger partial charge in [0.1, 0.15) is 12.3 Å². The van der Waals surface area contributed by atoms with Crippen LogP contribution in [-0.4, -0.2) is 27.5 Å². The van der Waals surface area contributed by atoms with Crippen molar-refractivity contribution in [2.75, 3.05) is 17.5 Å². The Labute approximate surface area is 183 Å². The summed E-state index contributed by atoms with van der Waals surface area (Å²) in [5.41, 5.74) is 2.43. The number of rotatable bonds is 9. The smallest absolute Gasteiger partial charge is 0.264 e. The number of sulfonamides is 1. The minimum Gasteiger partial charge on any atom is -0.494 e. The van der Waals surface area contributed by atoms with Gasteiger partial charge < -0.3 is 10.1 Å². The molecule has 0 unspecified atom stereocenters. The van der Waals surface area contributed by atoms with E-state index in [1.165, 1.54) is 12.1 Å². The Bertz CT molecular complexity index is 1110. The van der Waals surface area contributed by atoms with E-state index >= 15 is 0 Å². The largest absolute Gasteiger partial charge is 0.494 e. The van der Waals surface area contributed by atoms with Gasteiger partial charge in [0.05, 0.1) is 17.2 Å². The minimum absolute atomic E-state index is 0.121. The summed E-state index contributed by atoms with van der Waals surface area (Å²) >= 11 is 0. The molecule has 0 aliphatic heterocycles. The number of carbonyl (C=O) groups is 1. The lowest BCUT2D eigenvalue weighted by atomic mass is 10.1. The van der Waals surface area contributed by atoms with Crippen LogP contribution in [0, 0.1) is 6.92 Å². The number of carbonyl (C=O) groups excluding carboxylic acids is 1. The second kappa shape index (κ2) is 10.1. The van der Waals surface area contributed by atoms with Crippen LogP contribution in [0.2, 0.25) is 0 Å². The van der Waals surface area contributed by atoms with Crippen molar-refractivity contribution >= 4 is 21.6 Å². The molecule has 3 aromatic carbocycles. The summed E-state index contributed by atoms with van der Waals surface area (Å²) in [5, 5.41) is 2.83. The molecule has 0 aliphatic carbocycles. The van der Waals surface area contributed by atoms with Gasteiger partial charge in [-0.2, -0.15) is 0 Å². The van der Waals surface area contributed by atoms with E-state index in [4.69, 9.17) is 4.74 Å². The van der Waals surface area contributed by atoms with Gasteiger partial charge in [0, 0.05) is 6.54 Å². The highest BCUT2D eigenvalue weighted by atomic mass is 32.2. The van der Waals surface area contributed by atoms with Gasteiger partial charge in [-0.15, -0.1) is 0 Å². The maximum atomic E-state index is 13.3. The lowest BCUT2D eigenvalue weighted by molar-refractivity contribution is -0.119. The van der Waals surface area contributed by atoms with E-state index in [2.05, 4.69) is 5.32 Å². The molecule has 0 spiro atoms. The van der Waals surface area contributed by atoms with Crippen LogP contribution in [0.4, 0.5) is 5.69 Å². The van der Waals surface area contributed by atoms with Crippen molar-refractivity contribution in [3.05, 3.63) is 90.0 Å². The molecule has 0 heterocycles. The van der Waals surface area contributed by atoms with Crippen molar-refractivity contribution in [2.45, 2.75) is 25.3 Å². The van der Waals surface area contributed by atoms with Gasteiger partial charge in [-0.25, -0.2) is 8.42 Å². The van der Waals surface area contributed by atoms with E-state index in [-0.39, 0.29) is 11.4 Å². The Morgan fingerprint density at radius 1 is 0.935 bits per heavy atom. The van der Waals surface area contributed by atoms with E-state index < -0.39 is 15.9 Å². The van der Waals surface area contributed by atoms with Gasteiger partial charge in [0.2, 0.25) is 5.91 Å². The molecule has 3 aromatic rings. The summed E-state index contributed by atoms with van der Waals surface area (Å²) < 4.78 is 33.2. The van der Waals surface area contributed by atoms with Crippen molar-refractivity contribution in [1.29, 1.82) is 0 Å². The predicted molar refractivity (Wildman–Crippen MR) is 122 cm³/mol. The first-order valence-corrected chi connectivity index (χ1v) is 11.5. The number of ether oxygens (including phenoxy) is 1. The Kier molecular flexibility index (Phi) is 7.31. The maximum Gasteiger partial charge on any atom is 0.264 e. The number of benzene rings is 3. The van der Waals surface area contributed by atoms with Crippen LogP contribution in [0.25, 0.3) is 0 Å². The Balaban J connectivity index is 1.85.